The molecule has 0 aromatic heterocycles. The van der Waals surface area contributed by atoms with E-state index >= 15 is 0 Å². The minimum Gasteiger partial charge on any atom is -0.515 e. The number of carbonyl (C=O) groups is 1. The van der Waals surface area contributed by atoms with Crippen molar-refractivity contribution in [2.24, 2.45) is 4.99 Å². The number of allylic oxidation sites excluding steroid dienone is 1. The molecule has 14 heavy (non-hydrogen) atoms. The number of alkyl halides is 1. The number of ether oxygens (including phenoxy) is 1. The molecule has 0 aromatic carbocycles. The Balaban J connectivity index is 0. The molecule has 0 saturated carbocycles. The van der Waals surface area contributed by atoms with Crippen LogP contribution in [0.3, 0.4) is 0 Å². The Morgan fingerprint density at radius 1 is 1.71 bits per heavy atom. The van der Waals surface area contributed by atoms with Gasteiger partial charge in [0.25, 0.3) is 0 Å². The predicted molar refractivity (Wildman–Crippen MR) is 53.3 cm³/mol. The van der Waals surface area contributed by atoms with Crippen molar-refractivity contribution in [3.63, 3.8) is 0 Å². The minimum atomic E-state index is -0.650. The van der Waals surface area contributed by atoms with Crippen LogP contribution in [0.5, 0.6) is 0 Å². The van der Waals surface area contributed by atoms with Crippen molar-refractivity contribution in [3.05, 3.63) is 24.0 Å². The van der Waals surface area contributed by atoms with Crippen molar-refractivity contribution < 1.29 is 20.5 Å². The largest absolute Gasteiger partial charge is 0.515 e. The van der Waals surface area contributed by atoms with Crippen LogP contribution in [0.2, 0.25) is 0 Å². The number of aliphatic imine (C=N–C) groups is 1. The third kappa shape index (κ3) is 5.08. The lowest BCUT2D eigenvalue weighted by molar-refractivity contribution is -0.135. The summed E-state index contributed by atoms with van der Waals surface area (Å²) in [7, 11) is 1.21. The maximum Gasteiger partial charge on any atom is 0.340 e. The van der Waals surface area contributed by atoms with Crippen LogP contribution in [0.25, 0.3) is 0 Å². The van der Waals surface area contributed by atoms with Gasteiger partial charge < -0.3 is 9.84 Å². The molecule has 0 aliphatic heterocycles. The Morgan fingerprint density at radius 3 is 2.93 bits per heavy atom. The lowest BCUT2D eigenvalue weighted by Gasteiger charge is -1.95. The molecule has 0 radical (unpaired) electrons. The highest BCUT2D eigenvalue weighted by Crippen LogP contribution is 1.97. The third-order valence-corrected chi connectivity index (χ3v) is 1.24. The fourth-order valence-corrected chi connectivity index (χ4v) is 0.613. The number of hydrogen-bond donors (Lipinski definition) is 1. The van der Waals surface area contributed by atoms with Gasteiger partial charge >= 0.3 is 5.97 Å². The van der Waals surface area contributed by atoms with Gasteiger partial charge in [0.1, 0.15) is 6.67 Å². The molecule has 5 heteroatoms. The average molecular weight is 203 g/mol. The van der Waals surface area contributed by atoms with Crippen LogP contribution in [-0.4, -0.2) is 37.6 Å². The zero-order valence-electron chi connectivity index (χ0n) is 7.81. The number of methoxy groups -OCH3 is 1. The fraction of sp³-hybridized carbons (Fsp3) is 0.333. The van der Waals surface area contributed by atoms with Gasteiger partial charge in [-0.05, 0) is 12.2 Å². The number of hydrogen-bond acceptors (Lipinski definition) is 4. The first-order valence-corrected chi connectivity index (χ1v) is 3.91. The average Bonchev–Trinajstić information content (AvgIpc) is 2.22. The molecule has 0 bridgehead atoms. The van der Waals surface area contributed by atoms with Crippen LogP contribution < -0.4 is 0 Å². The molecule has 0 heterocycles. The van der Waals surface area contributed by atoms with Gasteiger partial charge in [-0.15, -0.1) is 0 Å². The smallest absolute Gasteiger partial charge is 0.340 e. The number of rotatable bonds is 5. The number of aliphatic hydroxyl groups is 1. The first kappa shape index (κ1) is 12.3. The molecule has 0 aliphatic rings. The Kier molecular flexibility index (Phi) is 7.03. The highest BCUT2D eigenvalue weighted by atomic mass is 19.1. The maximum absolute atomic E-state index is 11.6. The summed E-state index contributed by atoms with van der Waals surface area (Å²) in [5, 5.41) is 8.61. The van der Waals surface area contributed by atoms with Crippen LogP contribution in [0.4, 0.5) is 4.39 Å². The van der Waals surface area contributed by atoms with E-state index in [1.165, 1.54) is 25.5 Å². The van der Waals surface area contributed by atoms with Gasteiger partial charge in [0.2, 0.25) is 0 Å². The highest BCUT2D eigenvalue weighted by Gasteiger charge is 2.03. The van der Waals surface area contributed by atoms with Gasteiger partial charge in [-0.3, -0.25) is 4.99 Å². The van der Waals surface area contributed by atoms with Crippen molar-refractivity contribution in [1.82, 2.24) is 0 Å². The second-order valence-electron chi connectivity index (χ2n) is 2.18. The summed E-state index contributed by atoms with van der Waals surface area (Å²) in [5.41, 5.74) is -0.000742. The van der Waals surface area contributed by atoms with Crippen LogP contribution in [0, 0.1) is 0 Å². The summed E-state index contributed by atoms with van der Waals surface area (Å²) >= 11 is 0. The van der Waals surface area contributed by atoms with Gasteiger partial charge in [0, 0.05) is 7.64 Å². The molecule has 4 nitrogen and oxygen atoms in total. The Labute approximate surface area is 82.9 Å². The molecule has 0 aliphatic carbocycles. The SMILES string of the molecule is COC(=O)C(=C\O)/C=C/C=NCCF.[HH]. The summed E-state index contributed by atoms with van der Waals surface area (Å²) in [4.78, 5) is 14.5. The van der Waals surface area contributed by atoms with Gasteiger partial charge in [-0.1, -0.05) is 0 Å². The van der Waals surface area contributed by atoms with Crippen LogP contribution in [-0.2, 0) is 9.53 Å². The van der Waals surface area contributed by atoms with Crippen molar-refractivity contribution in [2.75, 3.05) is 20.3 Å². The Bertz CT molecular complexity index is 264. The monoisotopic (exact) mass is 203 g/mol. The van der Waals surface area contributed by atoms with Crippen LogP contribution in [0.15, 0.2) is 29.0 Å². The summed E-state index contributed by atoms with van der Waals surface area (Å²) in [6, 6.07) is 0. The van der Waals surface area contributed by atoms with E-state index in [0.717, 1.165) is 0 Å². The Hall–Kier alpha value is -1.65. The zero-order chi connectivity index (χ0) is 10.8. The molecule has 0 saturated heterocycles. The van der Waals surface area contributed by atoms with Gasteiger partial charge in [0.05, 0.1) is 25.5 Å². The van der Waals surface area contributed by atoms with E-state index in [2.05, 4.69) is 9.73 Å². The number of esters is 1. The number of halogens is 1. The summed E-state index contributed by atoms with van der Waals surface area (Å²) in [6.45, 7) is -0.440. The van der Waals surface area contributed by atoms with E-state index in [-0.39, 0.29) is 13.5 Å². The molecular formula is C9H14FNO3. The molecule has 1 N–H and O–H groups in total. The normalized spacial score (nSPS) is 12.6. The molecule has 0 atom stereocenters. The molecule has 0 unspecified atom stereocenters. The molecule has 0 aromatic rings. The summed E-state index contributed by atoms with van der Waals surface area (Å²) in [5.74, 6) is -0.650. The van der Waals surface area contributed by atoms with Gasteiger partial charge in [-0.2, -0.15) is 0 Å². The fourth-order valence-electron chi connectivity index (χ4n) is 0.613. The van der Waals surface area contributed by atoms with E-state index in [1.807, 2.05) is 0 Å². The van der Waals surface area contributed by atoms with Crippen molar-refractivity contribution >= 4 is 12.2 Å². The highest BCUT2D eigenvalue weighted by molar-refractivity contribution is 5.92. The van der Waals surface area contributed by atoms with Crippen molar-refractivity contribution in [1.29, 1.82) is 0 Å². The van der Waals surface area contributed by atoms with Gasteiger partial charge in [-0.25, -0.2) is 9.18 Å². The number of carbonyl (C=O) groups excluding carboxylic acids is 1. The van der Waals surface area contributed by atoms with E-state index in [0.29, 0.717) is 6.26 Å². The second kappa shape index (κ2) is 7.97. The van der Waals surface area contributed by atoms with E-state index in [4.69, 9.17) is 5.11 Å². The van der Waals surface area contributed by atoms with Crippen LogP contribution in [0.1, 0.15) is 1.43 Å². The second-order valence-corrected chi connectivity index (χ2v) is 2.18. The summed E-state index contributed by atoms with van der Waals surface area (Å²) < 4.78 is 15.9. The molecule has 80 valence electrons. The van der Waals surface area contributed by atoms with E-state index in [1.54, 1.807) is 0 Å². The minimum absolute atomic E-state index is 0. The van der Waals surface area contributed by atoms with Crippen molar-refractivity contribution in [2.45, 2.75) is 0 Å². The maximum atomic E-state index is 11.6. The van der Waals surface area contributed by atoms with Gasteiger partial charge in [0.15, 0.2) is 0 Å². The van der Waals surface area contributed by atoms with E-state index < -0.39 is 12.6 Å². The Morgan fingerprint density at radius 2 is 2.43 bits per heavy atom. The van der Waals surface area contributed by atoms with Crippen molar-refractivity contribution in [3.8, 4) is 0 Å². The summed E-state index contributed by atoms with van der Waals surface area (Å²) in [6.07, 6.45) is 4.69. The molecule has 0 spiro atoms. The molecule has 0 rings (SSSR count). The standard InChI is InChI=1S/C9H12FNO3.H2/c1-14-9(13)8(7-12)3-2-5-11-6-4-10;/h2-3,5,7,12H,4,6H2,1H3;1H/b3-2+,8-7-,11-5?;. The topological polar surface area (TPSA) is 58.9 Å². The molecular weight excluding hydrogens is 189 g/mol. The number of nitrogens with zero attached hydrogens (tertiary/aromatic N) is 1. The first-order chi connectivity index (χ1) is 6.76. The van der Waals surface area contributed by atoms with Crippen LogP contribution >= 0.6 is 0 Å². The lowest BCUT2D eigenvalue weighted by Crippen LogP contribution is -2.02. The quantitative estimate of drug-likeness (QED) is 0.242. The lowest BCUT2D eigenvalue weighted by atomic mass is 10.3. The molecule has 0 fully saturated rings. The third-order valence-electron chi connectivity index (χ3n) is 1.24. The molecule has 0 amide bonds. The first-order valence-electron chi connectivity index (χ1n) is 3.91. The predicted octanol–water partition coefficient (Wildman–Crippen LogP) is 1.44. The number of aliphatic hydroxyl groups excluding tert-OH is 1. The van der Waals surface area contributed by atoms with E-state index in [9.17, 15) is 9.18 Å². The zero-order valence-corrected chi connectivity index (χ0v) is 7.81.